The summed E-state index contributed by atoms with van der Waals surface area (Å²) in [5, 5.41) is 0.580. The fraction of sp³-hybridized carbons (Fsp3) is 0.294. The minimum absolute atomic E-state index is 0. The Labute approximate surface area is 146 Å². The van der Waals surface area contributed by atoms with E-state index in [1.54, 1.807) is 19.4 Å². The normalized spacial score (nSPS) is 12.0. The van der Waals surface area contributed by atoms with Crippen LogP contribution in [0.3, 0.4) is 0 Å². The zero-order valence-corrected chi connectivity index (χ0v) is 14.9. The molecule has 0 unspecified atom stereocenters. The second-order valence-corrected chi connectivity index (χ2v) is 5.86. The van der Waals surface area contributed by atoms with Gasteiger partial charge in [0, 0.05) is 25.5 Å². The Morgan fingerprint density at radius 3 is 2.38 bits per heavy atom. The number of nitrogens with zero attached hydrogens (tertiary/aromatic N) is 4. The summed E-state index contributed by atoms with van der Waals surface area (Å²) in [5.74, 6) is 1.21. The molecule has 3 rings (SSSR count). The quantitative estimate of drug-likeness (QED) is 0.770. The van der Waals surface area contributed by atoms with E-state index in [1.807, 2.05) is 32.9 Å². The van der Waals surface area contributed by atoms with Gasteiger partial charge in [0.15, 0.2) is 0 Å². The molecule has 1 aromatic carbocycles. The topological polar surface area (TPSA) is 86.7 Å². The van der Waals surface area contributed by atoms with Gasteiger partial charge in [-0.3, -0.25) is 9.36 Å². The molecule has 0 saturated heterocycles. The molecule has 0 radical (unpaired) electrons. The standard InChI is InChI=1S/C17H19N5O.ClH/c1-9-5-13(10(2)18)15-14(6-9)17(23)22(4)16(21-15)12-7-19-11(3)20-8-12;/h5-8,10H,18H2,1-4H3;1H/t10-;/m1./s1. The van der Waals surface area contributed by atoms with Gasteiger partial charge < -0.3 is 5.73 Å². The Morgan fingerprint density at radius 2 is 1.79 bits per heavy atom. The number of fused-ring (bicyclic) bond motifs is 1. The first-order valence-electron chi connectivity index (χ1n) is 7.44. The number of hydrogen-bond acceptors (Lipinski definition) is 5. The van der Waals surface area contributed by atoms with Gasteiger partial charge in [-0.25, -0.2) is 15.0 Å². The largest absolute Gasteiger partial charge is 0.324 e. The average molecular weight is 346 g/mol. The maximum absolute atomic E-state index is 12.8. The van der Waals surface area contributed by atoms with Crippen molar-refractivity contribution in [3.8, 4) is 11.4 Å². The van der Waals surface area contributed by atoms with Crippen LogP contribution in [-0.4, -0.2) is 19.5 Å². The second-order valence-electron chi connectivity index (χ2n) is 5.86. The minimum atomic E-state index is -0.209. The number of rotatable bonds is 2. The summed E-state index contributed by atoms with van der Waals surface area (Å²) in [6.07, 6.45) is 3.35. The maximum Gasteiger partial charge on any atom is 0.261 e. The number of nitrogens with two attached hydrogens (primary N) is 1. The van der Waals surface area contributed by atoms with Crippen LogP contribution in [0, 0.1) is 13.8 Å². The third kappa shape index (κ3) is 3.02. The molecule has 126 valence electrons. The highest BCUT2D eigenvalue weighted by atomic mass is 35.5. The molecule has 0 aliphatic carbocycles. The van der Waals surface area contributed by atoms with Gasteiger partial charge in [-0.1, -0.05) is 6.07 Å². The third-order valence-electron chi connectivity index (χ3n) is 3.88. The van der Waals surface area contributed by atoms with Gasteiger partial charge in [-0.2, -0.15) is 0 Å². The highest BCUT2D eigenvalue weighted by Crippen LogP contribution is 2.24. The summed E-state index contributed by atoms with van der Waals surface area (Å²) in [6, 6.07) is 3.63. The smallest absolute Gasteiger partial charge is 0.261 e. The van der Waals surface area contributed by atoms with E-state index >= 15 is 0 Å². The van der Waals surface area contributed by atoms with E-state index in [-0.39, 0.29) is 24.0 Å². The van der Waals surface area contributed by atoms with Crippen LogP contribution < -0.4 is 11.3 Å². The fourth-order valence-corrected chi connectivity index (χ4v) is 2.67. The molecule has 0 saturated carbocycles. The molecular formula is C17H20ClN5O. The minimum Gasteiger partial charge on any atom is -0.324 e. The van der Waals surface area contributed by atoms with Crippen molar-refractivity contribution in [1.82, 2.24) is 19.5 Å². The third-order valence-corrected chi connectivity index (χ3v) is 3.88. The van der Waals surface area contributed by atoms with Gasteiger partial charge in [-0.15, -0.1) is 12.4 Å². The number of aromatic nitrogens is 4. The Balaban J connectivity index is 0.00000208. The molecule has 0 amide bonds. The SMILES string of the molecule is Cc1cc([C@@H](C)N)c2nc(-c3cnc(C)nc3)n(C)c(=O)c2c1.Cl. The monoisotopic (exact) mass is 345 g/mol. The zero-order valence-electron chi connectivity index (χ0n) is 14.1. The van der Waals surface area contributed by atoms with Crippen molar-refractivity contribution in [3.63, 3.8) is 0 Å². The summed E-state index contributed by atoms with van der Waals surface area (Å²) in [7, 11) is 1.71. The Bertz CT molecular complexity index is 948. The van der Waals surface area contributed by atoms with Crippen molar-refractivity contribution in [2.45, 2.75) is 26.8 Å². The van der Waals surface area contributed by atoms with Gasteiger partial charge in [0.2, 0.25) is 0 Å². The zero-order chi connectivity index (χ0) is 16.7. The first-order chi connectivity index (χ1) is 10.9. The van der Waals surface area contributed by atoms with E-state index in [9.17, 15) is 4.79 Å². The number of halogens is 1. The predicted octanol–water partition coefficient (Wildman–Crippen LogP) is 2.45. The van der Waals surface area contributed by atoms with Crippen LogP contribution in [0.15, 0.2) is 29.3 Å². The van der Waals surface area contributed by atoms with Crippen LogP contribution in [0.4, 0.5) is 0 Å². The summed E-state index contributed by atoms with van der Waals surface area (Å²) in [4.78, 5) is 25.8. The highest BCUT2D eigenvalue weighted by molar-refractivity contribution is 5.85. The molecular weight excluding hydrogens is 326 g/mol. The van der Waals surface area contributed by atoms with E-state index in [0.717, 1.165) is 11.1 Å². The second kappa shape index (κ2) is 6.67. The first-order valence-corrected chi connectivity index (χ1v) is 7.44. The summed E-state index contributed by atoms with van der Waals surface area (Å²) in [6.45, 7) is 5.65. The maximum atomic E-state index is 12.8. The molecule has 0 bridgehead atoms. The van der Waals surface area contributed by atoms with E-state index in [2.05, 4.69) is 9.97 Å². The Hall–Kier alpha value is -2.31. The lowest BCUT2D eigenvalue weighted by molar-refractivity contribution is 0.813. The van der Waals surface area contributed by atoms with Crippen molar-refractivity contribution in [3.05, 3.63) is 51.8 Å². The van der Waals surface area contributed by atoms with Gasteiger partial charge in [-0.05, 0) is 38.0 Å². The van der Waals surface area contributed by atoms with Crippen molar-refractivity contribution < 1.29 is 0 Å². The Morgan fingerprint density at radius 1 is 1.17 bits per heavy atom. The lowest BCUT2D eigenvalue weighted by atomic mass is 10.0. The molecule has 24 heavy (non-hydrogen) atoms. The fourth-order valence-electron chi connectivity index (χ4n) is 2.67. The molecule has 7 heteroatoms. The van der Waals surface area contributed by atoms with Crippen LogP contribution in [-0.2, 0) is 7.05 Å². The van der Waals surface area contributed by atoms with Crippen molar-refractivity contribution >= 4 is 23.3 Å². The number of hydrogen-bond donors (Lipinski definition) is 1. The molecule has 2 heterocycles. The van der Waals surface area contributed by atoms with E-state index in [4.69, 9.17) is 10.7 Å². The van der Waals surface area contributed by atoms with Crippen molar-refractivity contribution in [2.75, 3.05) is 0 Å². The van der Waals surface area contributed by atoms with Crippen molar-refractivity contribution in [1.29, 1.82) is 0 Å². The summed E-state index contributed by atoms with van der Waals surface area (Å²) in [5.41, 5.74) is 9.18. The van der Waals surface area contributed by atoms with E-state index in [0.29, 0.717) is 28.1 Å². The molecule has 0 fully saturated rings. The first kappa shape index (κ1) is 18.0. The van der Waals surface area contributed by atoms with Crippen molar-refractivity contribution in [2.24, 2.45) is 12.8 Å². The lowest BCUT2D eigenvalue weighted by Gasteiger charge is -2.14. The van der Waals surface area contributed by atoms with Crippen LogP contribution in [0.2, 0.25) is 0 Å². The number of benzene rings is 1. The highest BCUT2D eigenvalue weighted by Gasteiger charge is 2.15. The molecule has 0 aliphatic rings. The molecule has 2 aromatic heterocycles. The van der Waals surface area contributed by atoms with Crippen LogP contribution in [0.25, 0.3) is 22.3 Å². The summed E-state index contributed by atoms with van der Waals surface area (Å²) < 4.78 is 1.53. The molecule has 3 aromatic rings. The molecule has 0 spiro atoms. The van der Waals surface area contributed by atoms with Gasteiger partial charge >= 0.3 is 0 Å². The van der Waals surface area contributed by atoms with Gasteiger partial charge in [0.1, 0.15) is 11.6 Å². The van der Waals surface area contributed by atoms with Crippen LogP contribution in [0.1, 0.15) is 29.9 Å². The van der Waals surface area contributed by atoms with E-state index < -0.39 is 0 Å². The molecule has 1 atom stereocenters. The van der Waals surface area contributed by atoms with Gasteiger partial charge in [0.05, 0.1) is 16.5 Å². The van der Waals surface area contributed by atoms with Crippen LogP contribution >= 0.6 is 12.4 Å². The lowest BCUT2D eigenvalue weighted by Crippen LogP contribution is -2.22. The van der Waals surface area contributed by atoms with Gasteiger partial charge in [0.25, 0.3) is 5.56 Å². The molecule has 0 aliphatic heterocycles. The van der Waals surface area contributed by atoms with Crippen LogP contribution in [0.5, 0.6) is 0 Å². The molecule has 2 N–H and O–H groups in total. The number of aryl methyl sites for hydroxylation is 2. The molecule has 6 nitrogen and oxygen atoms in total. The Kier molecular flexibility index (Phi) is 5.01. The summed E-state index contributed by atoms with van der Waals surface area (Å²) >= 11 is 0. The predicted molar refractivity (Wildman–Crippen MR) is 97.3 cm³/mol. The average Bonchev–Trinajstić information content (AvgIpc) is 2.51. The van der Waals surface area contributed by atoms with E-state index in [1.165, 1.54) is 4.57 Å².